The van der Waals surface area contributed by atoms with E-state index >= 15 is 0 Å². The first kappa shape index (κ1) is 12.7. The first-order valence-electron chi connectivity index (χ1n) is 6.04. The summed E-state index contributed by atoms with van der Waals surface area (Å²) in [4.78, 5) is 2.18. The maximum Gasteiger partial charge on any atom is 0.0741 e. The number of piperidine rings is 1. The second-order valence-electron chi connectivity index (χ2n) is 4.72. The van der Waals surface area contributed by atoms with Crippen LogP contribution >= 0.6 is 11.6 Å². The van der Waals surface area contributed by atoms with Gasteiger partial charge in [-0.25, -0.2) is 0 Å². The molecule has 3 N–H and O–H groups in total. The van der Waals surface area contributed by atoms with Crippen LogP contribution in [0.4, 0.5) is 5.69 Å². The highest BCUT2D eigenvalue weighted by Gasteiger charge is 2.25. The quantitative estimate of drug-likeness (QED) is 0.849. The van der Waals surface area contributed by atoms with Crippen LogP contribution in [-0.2, 0) is 6.54 Å². The maximum atomic E-state index is 9.94. The zero-order valence-corrected chi connectivity index (χ0v) is 10.8. The topological polar surface area (TPSA) is 49.5 Å². The lowest BCUT2D eigenvalue weighted by Gasteiger charge is -2.37. The predicted octanol–water partition coefficient (Wildman–Crippen LogP) is 2.01. The first-order valence-corrected chi connectivity index (χ1v) is 6.41. The average Bonchev–Trinajstić information content (AvgIpc) is 2.32. The van der Waals surface area contributed by atoms with Crippen molar-refractivity contribution in [2.45, 2.75) is 26.0 Å². The van der Waals surface area contributed by atoms with Crippen molar-refractivity contribution in [3.05, 3.63) is 28.8 Å². The Balaban J connectivity index is 2.25. The minimum atomic E-state index is -0.270. The summed E-state index contributed by atoms with van der Waals surface area (Å²) in [5.74, 6) is 0.367. The van der Waals surface area contributed by atoms with E-state index < -0.39 is 0 Å². The molecule has 94 valence electrons. The molecule has 2 unspecified atom stereocenters. The van der Waals surface area contributed by atoms with Crippen molar-refractivity contribution < 1.29 is 5.11 Å². The highest BCUT2D eigenvalue weighted by atomic mass is 35.5. The van der Waals surface area contributed by atoms with Crippen molar-refractivity contribution in [2.75, 3.05) is 18.0 Å². The Labute approximate surface area is 107 Å². The fourth-order valence-electron chi connectivity index (χ4n) is 2.31. The molecule has 3 nitrogen and oxygen atoms in total. The van der Waals surface area contributed by atoms with Gasteiger partial charge in [-0.1, -0.05) is 24.6 Å². The van der Waals surface area contributed by atoms with Gasteiger partial charge >= 0.3 is 0 Å². The predicted molar refractivity (Wildman–Crippen MR) is 71.3 cm³/mol. The molecule has 2 atom stereocenters. The van der Waals surface area contributed by atoms with E-state index in [1.807, 2.05) is 18.2 Å². The van der Waals surface area contributed by atoms with E-state index in [-0.39, 0.29) is 6.10 Å². The lowest BCUT2D eigenvalue weighted by Crippen LogP contribution is -2.43. The summed E-state index contributed by atoms with van der Waals surface area (Å²) in [7, 11) is 0. The van der Waals surface area contributed by atoms with Gasteiger partial charge in [0, 0.05) is 35.9 Å². The summed E-state index contributed by atoms with van der Waals surface area (Å²) in [6, 6.07) is 5.81. The molecular weight excluding hydrogens is 236 g/mol. The third kappa shape index (κ3) is 2.57. The van der Waals surface area contributed by atoms with E-state index in [0.717, 1.165) is 24.2 Å². The van der Waals surface area contributed by atoms with Crippen LogP contribution in [0.15, 0.2) is 18.2 Å². The Bertz CT molecular complexity index is 397. The average molecular weight is 255 g/mol. The summed E-state index contributed by atoms with van der Waals surface area (Å²) in [5.41, 5.74) is 7.78. The number of aliphatic hydroxyl groups is 1. The largest absolute Gasteiger partial charge is 0.391 e. The Hall–Kier alpha value is -0.770. The van der Waals surface area contributed by atoms with Crippen molar-refractivity contribution in [1.29, 1.82) is 0 Å². The van der Waals surface area contributed by atoms with Gasteiger partial charge in [-0.3, -0.25) is 0 Å². The van der Waals surface area contributed by atoms with Crippen LogP contribution in [-0.4, -0.2) is 24.3 Å². The lowest BCUT2D eigenvalue weighted by atomic mass is 9.95. The molecule has 1 fully saturated rings. The number of hydrogen-bond acceptors (Lipinski definition) is 3. The normalized spacial score (nSPS) is 25.1. The summed E-state index contributed by atoms with van der Waals surface area (Å²) in [6.45, 7) is 4.13. The molecule has 17 heavy (non-hydrogen) atoms. The van der Waals surface area contributed by atoms with E-state index in [4.69, 9.17) is 17.3 Å². The van der Waals surface area contributed by atoms with Crippen LogP contribution in [0.2, 0.25) is 5.02 Å². The molecule has 1 aliphatic heterocycles. The van der Waals surface area contributed by atoms with Crippen molar-refractivity contribution >= 4 is 17.3 Å². The summed E-state index contributed by atoms with van der Waals surface area (Å²) in [6.07, 6.45) is 0.728. The summed E-state index contributed by atoms with van der Waals surface area (Å²) >= 11 is 6.14. The van der Waals surface area contributed by atoms with Crippen molar-refractivity contribution in [3.8, 4) is 0 Å². The number of benzene rings is 1. The van der Waals surface area contributed by atoms with Gasteiger partial charge in [0.1, 0.15) is 0 Å². The molecule has 0 aromatic heterocycles. The van der Waals surface area contributed by atoms with E-state index in [1.165, 1.54) is 0 Å². The van der Waals surface area contributed by atoms with Crippen LogP contribution in [0.25, 0.3) is 0 Å². The molecule has 2 rings (SSSR count). The molecule has 0 spiro atoms. The smallest absolute Gasteiger partial charge is 0.0741 e. The van der Waals surface area contributed by atoms with Crippen molar-refractivity contribution in [3.63, 3.8) is 0 Å². The number of nitrogens with zero attached hydrogens (tertiary/aromatic N) is 1. The van der Waals surface area contributed by atoms with Gasteiger partial charge in [0.15, 0.2) is 0 Å². The second kappa shape index (κ2) is 5.25. The monoisotopic (exact) mass is 254 g/mol. The van der Waals surface area contributed by atoms with Gasteiger partial charge in [-0.2, -0.15) is 0 Å². The molecule has 1 aromatic rings. The van der Waals surface area contributed by atoms with Crippen LogP contribution in [0.1, 0.15) is 18.9 Å². The number of rotatable bonds is 2. The van der Waals surface area contributed by atoms with Crippen LogP contribution in [0, 0.1) is 5.92 Å². The van der Waals surface area contributed by atoms with Crippen LogP contribution in [0.5, 0.6) is 0 Å². The molecule has 1 aromatic carbocycles. The third-order valence-corrected chi connectivity index (χ3v) is 3.91. The van der Waals surface area contributed by atoms with Crippen molar-refractivity contribution in [2.24, 2.45) is 11.7 Å². The minimum absolute atomic E-state index is 0.270. The van der Waals surface area contributed by atoms with Gasteiger partial charge in [0.05, 0.1) is 6.10 Å². The Morgan fingerprint density at radius 1 is 1.53 bits per heavy atom. The number of β-amino-alcohol motifs (C(OH)–C–C–N with tert-alkyl or cyclic N) is 1. The second-order valence-corrected chi connectivity index (χ2v) is 5.13. The molecule has 0 amide bonds. The number of aliphatic hydroxyl groups excluding tert-OH is 1. The molecule has 1 saturated heterocycles. The van der Waals surface area contributed by atoms with E-state index in [9.17, 15) is 5.11 Å². The number of halogens is 1. The highest BCUT2D eigenvalue weighted by Crippen LogP contribution is 2.30. The van der Waals surface area contributed by atoms with E-state index in [1.54, 1.807) is 0 Å². The standard InChI is InChI=1S/C13H19ClN2O/c1-9-5-6-16(8-13(9)17)12-4-2-3-11(14)10(12)7-15/h2-4,9,13,17H,5-8,15H2,1H3. The lowest BCUT2D eigenvalue weighted by molar-refractivity contribution is 0.103. The SMILES string of the molecule is CC1CCN(c2cccc(Cl)c2CN)CC1O. The van der Waals surface area contributed by atoms with Gasteiger partial charge in [0.25, 0.3) is 0 Å². The number of hydrogen-bond donors (Lipinski definition) is 2. The molecule has 1 heterocycles. The minimum Gasteiger partial charge on any atom is -0.391 e. The highest BCUT2D eigenvalue weighted by molar-refractivity contribution is 6.31. The molecule has 0 saturated carbocycles. The zero-order chi connectivity index (χ0) is 12.4. The van der Waals surface area contributed by atoms with Gasteiger partial charge < -0.3 is 15.7 Å². The summed E-state index contributed by atoms with van der Waals surface area (Å²) < 4.78 is 0. The van der Waals surface area contributed by atoms with Crippen LogP contribution < -0.4 is 10.6 Å². The Kier molecular flexibility index (Phi) is 3.92. The molecule has 0 bridgehead atoms. The third-order valence-electron chi connectivity index (χ3n) is 3.56. The first-order chi connectivity index (χ1) is 8.13. The fraction of sp³-hybridized carbons (Fsp3) is 0.538. The van der Waals surface area contributed by atoms with Gasteiger partial charge in [-0.05, 0) is 24.5 Å². The molecule has 1 aliphatic rings. The van der Waals surface area contributed by atoms with E-state index in [0.29, 0.717) is 24.0 Å². The van der Waals surface area contributed by atoms with Crippen LogP contribution in [0.3, 0.4) is 0 Å². The zero-order valence-electron chi connectivity index (χ0n) is 10.1. The Morgan fingerprint density at radius 3 is 2.94 bits per heavy atom. The molecule has 0 aliphatic carbocycles. The molecule has 0 radical (unpaired) electrons. The number of nitrogens with two attached hydrogens (primary N) is 1. The van der Waals surface area contributed by atoms with E-state index in [2.05, 4.69) is 11.8 Å². The molecule has 4 heteroatoms. The van der Waals surface area contributed by atoms with Gasteiger partial charge in [0.2, 0.25) is 0 Å². The summed E-state index contributed by atoms with van der Waals surface area (Å²) in [5, 5.41) is 10.6. The maximum absolute atomic E-state index is 9.94. The fourth-order valence-corrected chi connectivity index (χ4v) is 2.56. The van der Waals surface area contributed by atoms with Gasteiger partial charge in [-0.15, -0.1) is 0 Å². The Morgan fingerprint density at radius 2 is 2.29 bits per heavy atom. The number of anilines is 1. The molecular formula is C13H19ClN2O. The van der Waals surface area contributed by atoms with Crippen molar-refractivity contribution in [1.82, 2.24) is 0 Å².